The van der Waals surface area contributed by atoms with Gasteiger partial charge in [-0.25, -0.2) is 9.78 Å². The van der Waals surface area contributed by atoms with Crippen LogP contribution in [0.5, 0.6) is 0 Å². The quantitative estimate of drug-likeness (QED) is 0.808. The molecule has 6 nitrogen and oxygen atoms in total. The van der Waals surface area contributed by atoms with E-state index in [9.17, 15) is 9.90 Å². The first-order valence-corrected chi connectivity index (χ1v) is 7.09. The highest BCUT2D eigenvalue weighted by Gasteiger charge is 2.35. The number of rotatable bonds is 1. The summed E-state index contributed by atoms with van der Waals surface area (Å²) in [7, 11) is 1.71. The molecule has 20 heavy (non-hydrogen) atoms. The zero-order valence-electron chi connectivity index (χ0n) is 11.5. The molecule has 0 saturated heterocycles. The molecule has 2 heterocycles. The first-order chi connectivity index (χ1) is 9.42. The summed E-state index contributed by atoms with van der Waals surface area (Å²) in [5.41, 5.74) is 0.784. The number of fused-ring (bicyclic) bond motifs is 1. The van der Waals surface area contributed by atoms with Crippen molar-refractivity contribution in [1.29, 1.82) is 0 Å². The summed E-state index contributed by atoms with van der Waals surface area (Å²) in [6.07, 6.45) is 4.18. The van der Waals surface area contributed by atoms with Crippen molar-refractivity contribution in [2.75, 3.05) is 0 Å². The molecule has 0 bridgehead atoms. The number of aryl methyl sites for hydroxylation is 1. The van der Waals surface area contributed by atoms with E-state index in [0.717, 1.165) is 12.8 Å². The smallest absolute Gasteiger partial charge is 0.330 e. The van der Waals surface area contributed by atoms with Gasteiger partial charge in [-0.1, -0.05) is 0 Å². The maximum Gasteiger partial charge on any atom is 0.330 e. The molecule has 7 heteroatoms. The Bertz CT molecular complexity index is 713. The van der Waals surface area contributed by atoms with Gasteiger partial charge >= 0.3 is 5.69 Å². The predicted octanol–water partition coefficient (Wildman–Crippen LogP) is 1.43. The molecule has 2 aromatic heterocycles. The van der Waals surface area contributed by atoms with Gasteiger partial charge in [-0.15, -0.1) is 0 Å². The molecule has 1 aliphatic rings. The lowest BCUT2D eigenvalue weighted by molar-refractivity contribution is 0.0757. The fourth-order valence-corrected chi connectivity index (χ4v) is 3.15. The highest BCUT2D eigenvalue weighted by molar-refractivity contribution is 6.28. The summed E-state index contributed by atoms with van der Waals surface area (Å²) in [6.45, 7) is 2.04. The lowest BCUT2D eigenvalue weighted by atomic mass is 9.81. The third-order valence-corrected chi connectivity index (χ3v) is 4.53. The zero-order valence-corrected chi connectivity index (χ0v) is 12.3. The van der Waals surface area contributed by atoms with E-state index in [1.165, 1.54) is 0 Å². The maximum atomic E-state index is 12.5. The number of aliphatic hydroxyl groups is 1. The monoisotopic (exact) mass is 296 g/mol. The second-order valence-electron chi connectivity index (χ2n) is 5.75. The maximum absolute atomic E-state index is 12.5. The highest BCUT2D eigenvalue weighted by Crippen LogP contribution is 2.35. The topological polar surface area (TPSA) is 72.9 Å². The average Bonchev–Trinajstić information content (AvgIpc) is 2.66. The van der Waals surface area contributed by atoms with Crippen LogP contribution in [-0.2, 0) is 12.6 Å². The van der Waals surface area contributed by atoms with Gasteiger partial charge in [-0.2, -0.15) is 4.98 Å². The van der Waals surface area contributed by atoms with Crippen molar-refractivity contribution in [1.82, 2.24) is 19.1 Å². The molecule has 0 atom stereocenters. The summed E-state index contributed by atoms with van der Waals surface area (Å²) >= 11 is 5.87. The van der Waals surface area contributed by atoms with Gasteiger partial charge in [0.25, 0.3) is 0 Å². The van der Waals surface area contributed by atoms with E-state index in [-0.39, 0.29) is 22.6 Å². The van der Waals surface area contributed by atoms with Crippen LogP contribution < -0.4 is 5.69 Å². The van der Waals surface area contributed by atoms with E-state index in [1.54, 1.807) is 22.4 Å². The molecular weight excluding hydrogens is 280 g/mol. The SMILES string of the molecule is Cn1c(=O)n(C2(C)CCC(O)CC2)c2nc(Cl)ncc21. The van der Waals surface area contributed by atoms with E-state index >= 15 is 0 Å². The van der Waals surface area contributed by atoms with E-state index in [2.05, 4.69) is 9.97 Å². The Morgan fingerprint density at radius 1 is 1.45 bits per heavy atom. The van der Waals surface area contributed by atoms with Crippen LogP contribution in [0, 0.1) is 0 Å². The Morgan fingerprint density at radius 3 is 2.75 bits per heavy atom. The van der Waals surface area contributed by atoms with E-state index in [0.29, 0.717) is 24.0 Å². The van der Waals surface area contributed by atoms with Gasteiger partial charge in [-0.05, 0) is 44.2 Å². The average molecular weight is 297 g/mol. The first kappa shape index (κ1) is 13.6. The van der Waals surface area contributed by atoms with Crippen molar-refractivity contribution < 1.29 is 5.11 Å². The minimum Gasteiger partial charge on any atom is -0.393 e. The van der Waals surface area contributed by atoms with Crippen LogP contribution in [0.25, 0.3) is 11.2 Å². The zero-order chi connectivity index (χ0) is 14.5. The van der Waals surface area contributed by atoms with Gasteiger partial charge in [0.1, 0.15) is 5.52 Å². The van der Waals surface area contributed by atoms with Crippen molar-refractivity contribution in [2.45, 2.75) is 44.2 Å². The van der Waals surface area contributed by atoms with Crippen molar-refractivity contribution in [2.24, 2.45) is 7.05 Å². The van der Waals surface area contributed by atoms with E-state index in [1.807, 2.05) is 6.92 Å². The van der Waals surface area contributed by atoms with Crippen molar-refractivity contribution in [3.05, 3.63) is 22.0 Å². The molecule has 0 aliphatic heterocycles. The van der Waals surface area contributed by atoms with Crippen LogP contribution in [0.1, 0.15) is 32.6 Å². The van der Waals surface area contributed by atoms with E-state index in [4.69, 9.17) is 11.6 Å². The molecule has 3 rings (SSSR count). The van der Waals surface area contributed by atoms with Crippen LogP contribution in [0.2, 0.25) is 5.28 Å². The minimum atomic E-state index is -0.340. The largest absolute Gasteiger partial charge is 0.393 e. The molecule has 0 radical (unpaired) electrons. The number of aliphatic hydroxyl groups excluding tert-OH is 1. The predicted molar refractivity (Wildman–Crippen MR) is 75.9 cm³/mol. The summed E-state index contributed by atoms with van der Waals surface area (Å²) < 4.78 is 3.25. The van der Waals surface area contributed by atoms with Crippen LogP contribution in [0.3, 0.4) is 0 Å². The molecule has 1 N–H and O–H groups in total. The second kappa shape index (κ2) is 4.56. The van der Waals surface area contributed by atoms with Gasteiger partial charge < -0.3 is 5.11 Å². The van der Waals surface area contributed by atoms with Gasteiger partial charge in [0.2, 0.25) is 5.28 Å². The molecule has 1 saturated carbocycles. The normalized spacial score (nSPS) is 27.1. The van der Waals surface area contributed by atoms with Crippen molar-refractivity contribution in [3.8, 4) is 0 Å². The molecule has 1 fully saturated rings. The van der Waals surface area contributed by atoms with Crippen LogP contribution in [-0.4, -0.2) is 30.3 Å². The molecule has 2 aromatic rings. The van der Waals surface area contributed by atoms with Gasteiger partial charge in [0.15, 0.2) is 5.65 Å². The molecule has 108 valence electrons. The van der Waals surface area contributed by atoms with E-state index < -0.39 is 0 Å². The van der Waals surface area contributed by atoms with Gasteiger partial charge in [0, 0.05) is 12.6 Å². The standard InChI is InChI=1S/C13H17ClN4O2/c1-13(5-3-8(19)4-6-13)18-10-9(17(2)12(18)20)7-15-11(14)16-10/h7-8,19H,3-6H2,1-2H3. The lowest BCUT2D eigenvalue weighted by Crippen LogP contribution is -2.42. The molecular formula is C13H17ClN4O2. The number of imidazole rings is 1. The molecule has 1 aliphatic carbocycles. The second-order valence-corrected chi connectivity index (χ2v) is 6.09. The molecule has 0 aromatic carbocycles. The highest BCUT2D eigenvalue weighted by atomic mass is 35.5. The fourth-order valence-electron chi connectivity index (χ4n) is 3.03. The molecule has 0 unspecified atom stereocenters. The number of nitrogens with zero attached hydrogens (tertiary/aromatic N) is 4. The minimum absolute atomic E-state index is 0.115. The number of hydrogen-bond acceptors (Lipinski definition) is 4. The third kappa shape index (κ3) is 1.94. The summed E-state index contributed by atoms with van der Waals surface area (Å²) in [5.74, 6) is 0. The van der Waals surface area contributed by atoms with Gasteiger partial charge in [0.05, 0.1) is 12.3 Å². The Hall–Kier alpha value is -1.40. The molecule has 0 amide bonds. The van der Waals surface area contributed by atoms with Crippen LogP contribution >= 0.6 is 11.6 Å². The Labute approximate surface area is 121 Å². The number of hydrogen-bond donors (Lipinski definition) is 1. The third-order valence-electron chi connectivity index (χ3n) is 4.34. The number of halogens is 1. The van der Waals surface area contributed by atoms with Crippen LogP contribution in [0.15, 0.2) is 11.0 Å². The lowest BCUT2D eigenvalue weighted by Gasteiger charge is -2.36. The Balaban J connectivity index is 2.23. The van der Waals surface area contributed by atoms with Crippen molar-refractivity contribution in [3.63, 3.8) is 0 Å². The van der Waals surface area contributed by atoms with Crippen molar-refractivity contribution >= 4 is 22.8 Å². The Kier molecular flexibility index (Phi) is 3.10. The first-order valence-electron chi connectivity index (χ1n) is 6.71. The van der Waals surface area contributed by atoms with Crippen LogP contribution in [0.4, 0.5) is 0 Å². The number of aromatic nitrogens is 4. The fraction of sp³-hybridized carbons (Fsp3) is 0.615. The summed E-state index contributed by atoms with van der Waals surface area (Å²) in [6, 6.07) is 0. The molecule has 0 spiro atoms. The van der Waals surface area contributed by atoms with Gasteiger partial charge in [-0.3, -0.25) is 9.13 Å². The summed E-state index contributed by atoms with van der Waals surface area (Å²) in [5, 5.41) is 9.82. The Morgan fingerprint density at radius 2 is 2.10 bits per heavy atom. The summed E-state index contributed by atoms with van der Waals surface area (Å²) in [4.78, 5) is 20.7.